The fourth-order valence-corrected chi connectivity index (χ4v) is 1.23. The number of carbonyl (C=O) groups is 1. The Morgan fingerprint density at radius 3 is 2.11 bits per heavy atom. The number of hydrogen-bond acceptors (Lipinski definition) is 2. The molecular formula is C12H14F3NO2. The van der Waals surface area contributed by atoms with Crippen molar-refractivity contribution >= 4 is 5.91 Å². The summed E-state index contributed by atoms with van der Waals surface area (Å²) >= 11 is 0. The van der Waals surface area contributed by atoms with Gasteiger partial charge in [0.25, 0.3) is 5.91 Å². The Morgan fingerprint density at radius 1 is 1.22 bits per heavy atom. The van der Waals surface area contributed by atoms with Gasteiger partial charge in [0.15, 0.2) is 0 Å². The van der Waals surface area contributed by atoms with E-state index in [-0.39, 0.29) is 12.2 Å². The number of alkyl halides is 3. The number of rotatable bonds is 3. The van der Waals surface area contributed by atoms with Gasteiger partial charge in [0.05, 0.1) is 17.7 Å². The first kappa shape index (κ1) is 14.5. The third-order valence-electron chi connectivity index (χ3n) is 2.32. The second-order valence-electron chi connectivity index (χ2n) is 4.57. The number of carbonyl (C=O) groups excluding carboxylic acids is 1. The summed E-state index contributed by atoms with van der Waals surface area (Å²) in [6.45, 7) is 2.95. The summed E-state index contributed by atoms with van der Waals surface area (Å²) < 4.78 is 36.9. The van der Waals surface area contributed by atoms with Crippen LogP contribution in [0.3, 0.4) is 0 Å². The third-order valence-corrected chi connectivity index (χ3v) is 2.32. The van der Waals surface area contributed by atoms with Crippen LogP contribution in [0.15, 0.2) is 24.3 Å². The quantitative estimate of drug-likeness (QED) is 0.876. The molecule has 0 spiro atoms. The highest BCUT2D eigenvalue weighted by atomic mass is 19.4. The molecule has 0 saturated carbocycles. The van der Waals surface area contributed by atoms with Gasteiger partial charge in [-0.3, -0.25) is 4.79 Å². The molecule has 18 heavy (non-hydrogen) atoms. The van der Waals surface area contributed by atoms with Crippen molar-refractivity contribution in [3.63, 3.8) is 0 Å². The molecule has 0 aromatic heterocycles. The van der Waals surface area contributed by atoms with Crippen LogP contribution in [-0.2, 0) is 6.18 Å². The molecule has 0 radical (unpaired) electrons. The second kappa shape index (κ2) is 4.97. The van der Waals surface area contributed by atoms with Gasteiger partial charge in [-0.15, -0.1) is 0 Å². The zero-order valence-electron chi connectivity index (χ0n) is 10.0. The summed E-state index contributed by atoms with van der Waals surface area (Å²) in [7, 11) is 0. The summed E-state index contributed by atoms with van der Waals surface area (Å²) in [5.74, 6) is -0.525. The molecule has 0 atom stereocenters. The van der Waals surface area contributed by atoms with Crippen LogP contribution in [0.2, 0.25) is 0 Å². The van der Waals surface area contributed by atoms with Gasteiger partial charge in [-0.25, -0.2) is 0 Å². The predicted molar refractivity (Wildman–Crippen MR) is 60.1 cm³/mol. The summed E-state index contributed by atoms with van der Waals surface area (Å²) in [6.07, 6.45) is -4.42. The molecule has 2 N–H and O–H groups in total. The van der Waals surface area contributed by atoms with E-state index in [1.165, 1.54) is 0 Å². The molecule has 0 fully saturated rings. The van der Waals surface area contributed by atoms with E-state index in [2.05, 4.69) is 5.32 Å². The second-order valence-corrected chi connectivity index (χ2v) is 4.57. The first-order valence-corrected chi connectivity index (χ1v) is 5.26. The lowest BCUT2D eigenvalue weighted by Crippen LogP contribution is -2.46. The van der Waals surface area contributed by atoms with Crippen molar-refractivity contribution in [1.29, 1.82) is 0 Å². The van der Waals surface area contributed by atoms with E-state index in [4.69, 9.17) is 5.11 Å². The van der Waals surface area contributed by atoms with Gasteiger partial charge < -0.3 is 10.4 Å². The normalized spacial score (nSPS) is 12.3. The minimum atomic E-state index is -4.42. The standard InChI is InChI=1S/C12H14F3NO2/c1-11(2,7-17)16-10(18)8-3-5-9(6-4-8)12(13,14)15/h3-6,17H,7H2,1-2H3,(H,16,18). The lowest BCUT2D eigenvalue weighted by molar-refractivity contribution is -0.137. The largest absolute Gasteiger partial charge is 0.416 e. The summed E-state index contributed by atoms with van der Waals surface area (Å²) in [5.41, 5.74) is -1.51. The average Bonchev–Trinajstić information content (AvgIpc) is 2.27. The smallest absolute Gasteiger partial charge is 0.394 e. The Bertz CT molecular complexity index is 424. The van der Waals surface area contributed by atoms with Crippen LogP contribution in [0.25, 0.3) is 0 Å². The molecule has 0 aliphatic heterocycles. The Labute approximate surface area is 103 Å². The van der Waals surface area contributed by atoms with E-state index in [9.17, 15) is 18.0 Å². The number of aliphatic hydroxyl groups is 1. The van der Waals surface area contributed by atoms with Crippen LogP contribution in [0.4, 0.5) is 13.2 Å². The van der Waals surface area contributed by atoms with Gasteiger partial charge in [-0.2, -0.15) is 13.2 Å². The van der Waals surface area contributed by atoms with Gasteiger partial charge in [-0.1, -0.05) is 0 Å². The highest BCUT2D eigenvalue weighted by molar-refractivity contribution is 5.94. The molecule has 1 aromatic rings. The lowest BCUT2D eigenvalue weighted by atomic mass is 10.1. The molecule has 0 bridgehead atoms. The van der Waals surface area contributed by atoms with E-state index in [0.717, 1.165) is 24.3 Å². The maximum absolute atomic E-state index is 12.3. The van der Waals surface area contributed by atoms with Crippen molar-refractivity contribution < 1.29 is 23.1 Å². The highest BCUT2D eigenvalue weighted by Crippen LogP contribution is 2.29. The minimum Gasteiger partial charge on any atom is -0.394 e. The molecule has 100 valence electrons. The van der Waals surface area contributed by atoms with Crippen LogP contribution >= 0.6 is 0 Å². The molecule has 1 aromatic carbocycles. The summed E-state index contributed by atoms with van der Waals surface area (Å²) in [4.78, 5) is 11.7. The molecule has 1 amide bonds. The Kier molecular flexibility index (Phi) is 4.01. The van der Waals surface area contributed by atoms with Crippen LogP contribution in [0, 0.1) is 0 Å². The average molecular weight is 261 g/mol. The maximum Gasteiger partial charge on any atom is 0.416 e. The van der Waals surface area contributed by atoms with E-state index in [0.29, 0.717) is 0 Å². The minimum absolute atomic E-state index is 0.115. The lowest BCUT2D eigenvalue weighted by Gasteiger charge is -2.23. The number of aliphatic hydroxyl groups excluding tert-OH is 1. The number of amides is 1. The van der Waals surface area contributed by atoms with Crippen LogP contribution in [-0.4, -0.2) is 23.2 Å². The monoisotopic (exact) mass is 261 g/mol. The molecule has 1 rings (SSSR count). The SMILES string of the molecule is CC(C)(CO)NC(=O)c1ccc(C(F)(F)F)cc1. The molecular weight excluding hydrogens is 247 g/mol. The molecule has 0 unspecified atom stereocenters. The first-order valence-electron chi connectivity index (χ1n) is 5.26. The Balaban J connectivity index is 2.83. The highest BCUT2D eigenvalue weighted by Gasteiger charge is 2.30. The number of benzene rings is 1. The van der Waals surface area contributed by atoms with E-state index < -0.39 is 23.2 Å². The molecule has 0 aliphatic rings. The van der Waals surface area contributed by atoms with Crippen molar-refractivity contribution in [2.75, 3.05) is 6.61 Å². The van der Waals surface area contributed by atoms with Crippen LogP contribution in [0.1, 0.15) is 29.8 Å². The molecule has 3 nitrogen and oxygen atoms in total. The van der Waals surface area contributed by atoms with Gasteiger partial charge >= 0.3 is 6.18 Å². The number of halogens is 3. The van der Waals surface area contributed by atoms with Crippen molar-refractivity contribution in [3.05, 3.63) is 35.4 Å². The molecule has 0 saturated heterocycles. The van der Waals surface area contributed by atoms with Crippen LogP contribution < -0.4 is 5.32 Å². The fourth-order valence-electron chi connectivity index (χ4n) is 1.23. The molecule has 0 heterocycles. The van der Waals surface area contributed by atoms with E-state index >= 15 is 0 Å². The van der Waals surface area contributed by atoms with Crippen LogP contribution in [0.5, 0.6) is 0 Å². The summed E-state index contributed by atoms with van der Waals surface area (Å²) in [5, 5.41) is 11.5. The topological polar surface area (TPSA) is 49.3 Å². The third kappa shape index (κ3) is 3.73. The Morgan fingerprint density at radius 2 is 1.72 bits per heavy atom. The number of hydrogen-bond donors (Lipinski definition) is 2. The van der Waals surface area contributed by atoms with Gasteiger partial charge in [-0.05, 0) is 38.1 Å². The zero-order chi connectivity index (χ0) is 14.0. The maximum atomic E-state index is 12.3. The molecule has 0 aliphatic carbocycles. The van der Waals surface area contributed by atoms with Gasteiger partial charge in [0.1, 0.15) is 0 Å². The van der Waals surface area contributed by atoms with E-state index in [1.54, 1.807) is 13.8 Å². The van der Waals surface area contributed by atoms with Crippen molar-refractivity contribution in [2.45, 2.75) is 25.6 Å². The van der Waals surface area contributed by atoms with E-state index in [1.807, 2.05) is 0 Å². The van der Waals surface area contributed by atoms with Crippen molar-refractivity contribution in [3.8, 4) is 0 Å². The first-order chi connectivity index (χ1) is 8.15. The number of nitrogens with one attached hydrogen (secondary N) is 1. The zero-order valence-corrected chi connectivity index (χ0v) is 10.0. The van der Waals surface area contributed by atoms with Gasteiger partial charge in [0, 0.05) is 5.56 Å². The van der Waals surface area contributed by atoms with Gasteiger partial charge in [0.2, 0.25) is 0 Å². The van der Waals surface area contributed by atoms with Crippen molar-refractivity contribution in [1.82, 2.24) is 5.32 Å². The van der Waals surface area contributed by atoms with Crippen molar-refractivity contribution in [2.24, 2.45) is 0 Å². The molecule has 6 heteroatoms. The fraction of sp³-hybridized carbons (Fsp3) is 0.417. The predicted octanol–water partition coefficient (Wildman–Crippen LogP) is 2.21. The Hall–Kier alpha value is -1.56. The summed E-state index contributed by atoms with van der Waals surface area (Å²) in [6, 6.07) is 3.90.